The van der Waals surface area contributed by atoms with Crippen molar-refractivity contribution in [1.29, 1.82) is 0 Å². The first kappa shape index (κ1) is 16.1. The van der Waals surface area contributed by atoms with Gasteiger partial charge in [0.25, 0.3) is 0 Å². The lowest BCUT2D eigenvalue weighted by molar-refractivity contribution is -0.0221. The highest BCUT2D eigenvalue weighted by Crippen LogP contribution is 2.29. The number of ether oxygens (including phenoxy) is 1. The van der Waals surface area contributed by atoms with E-state index in [4.69, 9.17) is 9.84 Å². The van der Waals surface area contributed by atoms with Crippen molar-refractivity contribution in [3.05, 3.63) is 35.4 Å². The summed E-state index contributed by atoms with van der Waals surface area (Å²) in [7, 11) is 0. The van der Waals surface area contributed by atoms with Crippen LogP contribution in [0.4, 0.5) is 0 Å². The average Bonchev–Trinajstić information content (AvgIpc) is 2.54. The number of rotatable bonds is 5. The zero-order valence-corrected chi connectivity index (χ0v) is 13.0. The van der Waals surface area contributed by atoms with Crippen molar-refractivity contribution in [2.75, 3.05) is 6.61 Å². The van der Waals surface area contributed by atoms with E-state index in [1.807, 2.05) is 12.1 Å². The van der Waals surface area contributed by atoms with Crippen LogP contribution >= 0.6 is 0 Å². The summed E-state index contributed by atoms with van der Waals surface area (Å²) >= 11 is 0. The van der Waals surface area contributed by atoms with E-state index < -0.39 is 0 Å². The average molecular weight is 286 g/mol. The van der Waals surface area contributed by atoms with Crippen LogP contribution in [0, 0.1) is 17.8 Å². The van der Waals surface area contributed by atoms with Crippen LogP contribution in [0.5, 0.6) is 0 Å². The predicted octanol–water partition coefficient (Wildman–Crippen LogP) is 3.91. The molecule has 2 atom stereocenters. The van der Waals surface area contributed by atoms with Crippen molar-refractivity contribution in [3.8, 4) is 11.8 Å². The third-order valence-corrected chi connectivity index (χ3v) is 4.22. The molecule has 0 saturated heterocycles. The van der Waals surface area contributed by atoms with Crippen molar-refractivity contribution in [3.63, 3.8) is 0 Å². The van der Waals surface area contributed by atoms with Crippen LogP contribution in [0.3, 0.4) is 0 Å². The number of aliphatic hydroxyl groups excluding tert-OH is 1. The second kappa shape index (κ2) is 8.87. The molecule has 1 aliphatic rings. The maximum absolute atomic E-state index is 8.75. The van der Waals surface area contributed by atoms with Gasteiger partial charge in [0.05, 0.1) is 19.3 Å². The maximum Gasteiger partial charge on any atom is 0.0721 e. The fourth-order valence-electron chi connectivity index (χ4n) is 3.02. The molecule has 1 saturated carbocycles. The lowest BCUT2D eigenvalue weighted by atomic mass is 9.85. The highest BCUT2D eigenvalue weighted by Gasteiger charge is 2.24. The Labute approximate surface area is 128 Å². The summed E-state index contributed by atoms with van der Waals surface area (Å²) in [4.78, 5) is 0. The van der Waals surface area contributed by atoms with Crippen LogP contribution in [0.2, 0.25) is 0 Å². The molecule has 2 rings (SSSR count). The van der Waals surface area contributed by atoms with Gasteiger partial charge >= 0.3 is 0 Å². The predicted molar refractivity (Wildman–Crippen MR) is 85.8 cm³/mol. The van der Waals surface area contributed by atoms with Gasteiger partial charge in [-0.25, -0.2) is 0 Å². The minimum absolute atomic E-state index is 0.121. The molecule has 2 heteroatoms. The molecule has 0 aromatic heterocycles. The summed E-state index contributed by atoms with van der Waals surface area (Å²) in [5.41, 5.74) is 2.19. The van der Waals surface area contributed by atoms with E-state index in [0.717, 1.165) is 11.5 Å². The molecular formula is C19H26O2. The molecule has 0 heterocycles. The molecule has 1 aromatic carbocycles. The third kappa shape index (κ3) is 5.19. The second-order valence-electron chi connectivity index (χ2n) is 5.78. The van der Waals surface area contributed by atoms with Gasteiger partial charge in [0.1, 0.15) is 0 Å². The van der Waals surface area contributed by atoms with Gasteiger partial charge in [-0.15, -0.1) is 0 Å². The highest BCUT2D eigenvalue weighted by molar-refractivity contribution is 5.36. The first-order chi connectivity index (χ1) is 10.3. The molecule has 1 aromatic rings. The van der Waals surface area contributed by atoms with Crippen molar-refractivity contribution < 1.29 is 9.84 Å². The normalized spacial score (nSPS) is 21.6. The second-order valence-corrected chi connectivity index (χ2v) is 5.78. The van der Waals surface area contributed by atoms with E-state index in [2.05, 4.69) is 30.9 Å². The van der Waals surface area contributed by atoms with Gasteiger partial charge in [-0.1, -0.05) is 50.2 Å². The fourth-order valence-corrected chi connectivity index (χ4v) is 3.02. The van der Waals surface area contributed by atoms with E-state index in [1.54, 1.807) is 0 Å². The van der Waals surface area contributed by atoms with E-state index in [9.17, 15) is 0 Å². The Bertz CT molecular complexity index is 484. The SMILES string of the molecule is CCC1CCCCC1OCc1cccc(C#CCCO)c1. The lowest BCUT2D eigenvalue weighted by Gasteiger charge is -2.30. The molecule has 1 fully saturated rings. The van der Waals surface area contributed by atoms with Crippen molar-refractivity contribution in [2.24, 2.45) is 5.92 Å². The zero-order chi connectivity index (χ0) is 14.9. The molecule has 0 spiro atoms. The third-order valence-electron chi connectivity index (χ3n) is 4.22. The Hall–Kier alpha value is -1.30. The van der Waals surface area contributed by atoms with E-state index in [-0.39, 0.29) is 6.61 Å². The fraction of sp³-hybridized carbons (Fsp3) is 0.579. The summed E-state index contributed by atoms with van der Waals surface area (Å²) in [6.07, 6.45) is 7.34. The van der Waals surface area contributed by atoms with E-state index in [0.29, 0.717) is 19.1 Å². The molecule has 0 bridgehead atoms. The summed E-state index contributed by atoms with van der Waals surface area (Å²) in [5.74, 6) is 6.77. The molecular weight excluding hydrogens is 260 g/mol. The Kier molecular flexibility index (Phi) is 6.79. The molecule has 0 aliphatic heterocycles. The van der Waals surface area contributed by atoms with Crippen molar-refractivity contribution in [2.45, 2.75) is 58.2 Å². The monoisotopic (exact) mass is 286 g/mol. The van der Waals surface area contributed by atoms with Gasteiger partial charge in [0.2, 0.25) is 0 Å². The van der Waals surface area contributed by atoms with Gasteiger partial charge in [-0.2, -0.15) is 0 Å². The number of hydrogen-bond acceptors (Lipinski definition) is 2. The Morgan fingerprint density at radius 3 is 2.95 bits per heavy atom. The van der Waals surface area contributed by atoms with Crippen molar-refractivity contribution in [1.82, 2.24) is 0 Å². The quantitative estimate of drug-likeness (QED) is 0.832. The molecule has 0 radical (unpaired) electrons. The lowest BCUT2D eigenvalue weighted by Crippen LogP contribution is -2.27. The Balaban J connectivity index is 1.90. The van der Waals surface area contributed by atoms with Gasteiger partial charge in [-0.05, 0) is 36.5 Å². The summed E-state index contributed by atoms with van der Waals surface area (Å²) in [6.45, 7) is 3.07. The van der Waals surface area contributed by atoms with Crippen LogP contribution in [0.25, 0.3) is 0 Å². The standard InChI is InChI=1S/C19H26O2/c1-2-18-11-3-4-12-19(18)21-15-17-10-7-9-16(14-17)8-5-6-13-20/h7,9-10,14,18-20H,2-4,6,11-13,15H2,1H3. The maximum atomic E-state index is 8.75. The molecule has 2 nitrogen and oxygen atoms in total. The summed E-state index contributed by atoms with van der Waals surface area (Å²) < 4.78 is 6.16. The molecule has 1 N–H and O–H groups in total. The Morgan fingerprint density at radius 2 is 2.14 bits per heavy atom. The number of hydrogen-bond donors (Lipinski definition) is 1. The number of benzene rings is 1. The summed E-state index contributed by atoms with van der Waals surface area (Å²) in [6, 6.07) is 8.22. The Morgan fingerprint density at radius 1 is 1.29 bits per heavy atom. The van der Waals surface area contributed by atoms with Gasteiger partial charge in [-0.3, -0.25) is 0 Å². The molecule has 114 valence electrons. The summed E-state index contributed by atoms with van der Waals surface area (Å²) in [5, 5.41) is 8.75. The first-order valence-corrected chi connectivity index (χ1v) is 8.13. The van der Waals surface area contributed by atoms with Crippen LogP contribution in [0.1, 0.15) is 56.6 Å². The molecule has 1 aliphatic carbocycles. The van der Waals surface area contributed by atoms with Crippen molar-refractivity contribution >= 4 is 0 Å². The van der Waals surface area contributed by atoms with Crippen LogP contribution in [0.15, 0.2) is 24.3 Å². The smallest absolute Gasteiger partial charge is 0.0721 e. The van der Waals surface area contributed by atoms with Crippen LogP contribution in [-0.4, -0.2) is 17.8 Å². The van der Waals surface area contributed by atoms with Gasteiger partial charge in [0.15, 0.2) is 0 Å². The van der Waals surface area contributed by atoms with E-state index in [1.165, 1.54) is 37.7 Å². The van der Waals surface area contributed by atoms with E-state index >= 15 is 0 Å². The zero-order valence-electron chi connectivity index (χ0n) is 13.0. The first-order valence-electron chi connectivity index (χ1n) is 8.13. The topological polar surface area (TPSA) is 29.5 Å². The van der Waals surface area contributed by atoms with Crippen LogP contribution < -0.4 is 0 Å². The highest BCUT2D eigenvalue weighted by atomic mass is 16.5. The molecule has 0 amide bonds. The van der Waals surface area contributed by atoms with Gasteiger partial charge in [0, 0.05) is 12.0 Å². The van der Waals surface area contributed by atoms with Crippen LogP contribution in [-0.2, 0) is 11.3 Å². The molecule has 21 heavy (non-hydrogen) atoms. The minimum atomic E-state index is 0.121. The minimum Gasteiger partial charge on any atom is -0.395 e. The number of aliphatic hydroxyl groups is 1. The van der Waals surface area contributed by atoms with Gasteiger partial charge < -0.3 is 9.84 Å². The largest absolute Gasteiger partial charge is 0.395 e. The molecule has 2 unspecified atom stereocenters.